The lowest BCUT2D eigenvalue weighted by Gasteiger charge is -2.35. The maximum atomic E-state index is 13.6. The first-order valence-corrected chi connectivity index (χ1v) is 12.6. The van der Waals surface area contributed by atoms with E-state index in [9.17, 15) is 9.59 Å². The lowest BCUT2D eigenvalue weighted by Crippen LogP contribution is -2.44. The highest BCUT2D eigenvalue weighted by molar-refractivity contribution is 5.95. The van der Waals surface area contributed by atoms with E-state index in [1.807, 2.05) is 77.8 Å². The fraction of sp³-hybridized carbons (Fsp3) is 0.267. The van der Waals surface area contributed by atoms with Gasteiger partial charge in [0.1, 0.15) is 6.61 Å². The second-order valence-electron chi connectivity index (χ2n) is 9.51. The molecule has 1 saturated carbocycles. The number of hydrogen-bond acceptors (Lipinski definition) is 5. The SMILES string of the molecule is NC1=C(C=NC(=O)OCc2ccccc2)CC(N(C(=O)c2ccc(-c3cccnc3)cc2)C2CC2)CC1. The molecule has 3 aromatic rings. The second kappa shape index (κ2) is 11.2. The van der Waals surface area contributed by atoms with Crippen LogP contribution in [0.3, 0.4) is 0 Å². The van der Waals surface area contributed by atoms with Gasteiger partial charge in [-0.05, 0) is 72.6 Å². The molecule has 0 saturated heterocycles. The standard InChI is InChI=1S/C30H30N4O3/c31-28-15-14-27(17-25(28)19-33-30(36)37-20-21-5-2-1-3-6-21)34(26-12-13-26)29(35)23-10-8-22(9-11-23)24-7-4-16-32-18-24/h1-11,16,18-19,26-27H,12-15,17,20,31H2. The Morgan fingerprint density at radius 1 is 0.973 bits per heavy atom. The van der Waals surface area contributed by atoms with Crippen molar-refractivity contribution in [1.29, 1.82) is 0 Å². The average Bonchev–Trinajstić information content (AvgIpc) is 3.78. The molecular weight excluding hydrogens is 464 g/mol. The van der Waals surface area contributed by atoms with E-state index in [-0.39, 0.29) is 24.6 Å². The van der Waals surface area contributed by atoms with Crippen molar-refractivity contribution in [2.75, 3.05) is 0 Å². The minimum absolute atomic E-state index is 0.00656. The van der Waals surface area contributed by atoms with E-state index in [1.54, 1.807) is 6.20 Å². The first kappa shape index (κ1) is 24.4. The summed E-state index contributed by atoms with van der Waals surface area (Å²) in [5, 5.41) is 0. The van der Waals surface area contributed by atoms with Crippen LogP contribution in [0.4, 0.5) is 4.79 Å². The maximum absolute atomic E-state index is 13.6. The summed E-state index contributed by atoms with van der Waals surface area (Å²) >= 11 is 0. The number of carbonyl (C=O) groups excluding carboxylic acids is 2. The quantitative estimate of drug-likeness (QED) is 0.436. The van der Waals surface area contributed by atoms with Gasteiger partial charge >= 0.3 is 6.09 Å². The van der Waals surface area contributed by atoms with Crippen molar-refractivity contribution < 1.29 is 14.3 Å². The van der Waals surface area contributed by atoms with E-state index in [0.717, 1.165) is 41.5 Å². The van der Waals surface area contributed by atoms with E-state index in [2.05, 4.69) is 9.98 Å². The predicted molar refractivity (Wildman–Crippen MR) is 143 cm³/mol. The molecular formula is C30H30N4O3. The molecule has 188 valence electrons. The van der Waals surface area contributed by atoms with Gasteiger partial charge in [-0.3, -0.25) is 9.78 Å². The molecule has 2 aromatic carbocycles. The van der Waals surface area contributed by atoms with Crippen LogP contribution >= 0.6 is 0 Å². The Labute approximate surface area is 216 Å². The summed E-state index contributed by atoms with van der Waals surface area (Å²) in [6.45, 7) is 0.164. The average molecular weight is 495 g/mol. The molecule has 1 unspecified atom stereocenters. The fourth-order valence-corrected chi connectivity index (χ4v) is 4.70. The van der Waals surface area contributed by atoms with Gasteiger partial charge in [-0.1, -0.05) is 48.5 Å². The number of aliphatic imine (C=N–C) groups is 1. The summed E-state index contributed by atoms with van der Waals surface area (Å²) in [5.41, 5.74) is 11.4. The lowest BCUT2D eigenvalue weighted by molar-refractivity contribution is 0.0644. The third kappa shape index (κ3) is 6.12. The number of pyridine rings is 1. The molecule has 0 spiro atoms. The zero-order chi connectivity index (χ0) is 25.6. The number of amides is 2. The minimum Gasteiger partial charge on any atom is -0.443 e. The summed E-state index contributed by atoms with van der Waals surface area (Å²) in [6, 6.07) is 21.3. The second-order valence-corrected chi connectivity index (χ2v) is 9.51. The van der Waals surface area contributed by atoms with Gasteiger partial charge in [0.05, 0.1) is 0 Å². The fourth-order valence-electron chi connectivity index (χ4n) is 4.70. The van der Waals surface area contributed by atoms with Crippen molar-refractivity contribution >= 4 is 18.2 Å². The van der Waals surface area contributed by atoms with Crippen LogP contribution in [0.5, 0.6) is 0 Å². The van der Waals surface area contributed by atoms with Gasteiger partial charge in [-0.25, -0.2) is 4.79 Å². The summed E-state index contributed by atoms with van der Waals surface area (Å²) in [6.07, 6.45) is 8.42. The Morgan fingerprint density at radius 2 is 1.76 bits per heavy atom. The van der Waals surface area contributed by atoms with Crippen molar-refractivity contribution in [1.82, 2.24) is 9.88 Å². The van der Waals surface area contributed by atoms with Crippen LogP contribution in [-0.4, -0.2) is 40.2 Å². The number of nitrogens with two attached hydrogens (primary N) is 1. The molecule has 1 fully saturated rings. The van der Waals surface area contributed by atoms with Gasteiger partial charge < -0.3 is 15.4 Å². The van der Waals surface area contributed by atoms with Crippen LogP contribution in [0.25, 0.3) is 11.1 Å². The van der Waals surface area contributed by atoms with Gasteiger partial charge in [0.25, 0.3) is 5.91 Å². The Balaban J connectivity index is 1.25. The Kier molecular flexibility index (Phi) is 7.40. The van der Waals surface area contributed by atoms with Crippen LogP contribution in [0.15, 0.2) is 95.4 Å². The minimum atomic E-state index is -0.657. The molecule has 1 heterocycles. The summed E-state index contributed by atoms with van der Waals surface area (Å²) in [7, 11) is 0. The summed E-state index contributed by atoms with van der Waals surface area (Å²) in [5.74, 6) is 0.0317. The van der Waals surface area contributed by atoms with Crippen molar-refractivity contribution in [3.8, 4) is 11.1 Å². The van der Waals surface area contributed by atoms with Crippen molar-refractivity contribution in [3.05, 3.63) is 102 Å². The topological polar surface area (TPSA) is 97.9 Å². The van der Waals surface area contributed by atoms with Gasteiger partial charge in [0.2, 0.25) is 0 Å². The molecule has 1 aromatic heterocycles. The highest BCUT2D eigenvalue weighted by Gasteiger charge is 2.39. The highest BCUT2D eigenvalue weighted by Crippen LogP contribution is 2.36. The van der Waals surface area contributed by atoms with Crippen LogP contribution in [0, 0.1) is 0 Å². The van der Waals surface area contributed by atoms with E-state index in [4.69, 9.17) is 10.5 Å². The van der Waals surface area contributed by atoms with Crippen LogP contribution in [0.1, 0.15) is 48.0 Å². The Morgan fingerprint density at radius 3 is 2.46 bits per heavy atom. The van der Waals surface area contributed by atoms with Crippen LogP contribution in [0.2, 0.25) is 0 Å². The predicted octanol–water partition coefficient (Wildman–Crippen LogP) is 5.53. The van der Waals surface area contributed by atoms with Gasteiger partial charge in [0.15, 0.2) is 0 Å². The number of nitrogens with zero attached hydrogens (tertiary/aromatic N) is 3. The zero-order valence-electron chi connectivity index (χ0n) is 20.6. The molecule has 2 aliphatic rings. The van der Waals surface area contributed by atoms with Gasteiger partial charge in [0, 0.05) is 42.0 Å². The zero-order valence-corrected chi connectivity index (χ0v) is 20.6. The molecule has 5 rings (SSSR count). The van der Waals surface area contributed by atoms with E-state index in [1.165, 1.54) is 6.21 Å². The molecule has 2 aliphatic carbocycles. The smallest absolute Gasteiger partial charge is 0.433 e. The van der Waals surface area contributed by atoms with E-state index < -0.39 is 6.09 Å². The third-order valence-corrected chi connectivity index (χ3v) is 6.84. The Hall–Kier alpha value is -4.26. The first-order valence-electron chi connectivity index (χ1n) is 12.6. The molecule has 2 amide bonds. The molecule has 1 atom stereocenters. The molecule has 2 N–H and O–H groups in total. The number of ether oxygens (including phenoxy) is 1. The number of aromatic nitrogens is 1. The van der Waals surface area contributed by atoms with Gasteiger partial charge in [-0.2, -0.15) is 4.99 Å². The number of rotatable bonds is 7. The number of allylic oxidation sites excluding steroid dienone is 1. The monoisotopic (exact) mass is 494 g/mol. The van der Waals surface area contributed by atoms with Crippen molar-refractivity contribution in [2.45, 2.75) is 50.8 Å². The van der Waals surface area contributed by atoms with Crippen LogP contribution in [-0.2, 0) is 11.3 Å². The molecule has 7 nitrogen and oxygen atoms in total. The molecule has 0 aliphatic heterocycles. The maximum Gasteiger partial charge on any atom is 0.433 e. The van der Waals surface area contributed by atoms with Crippen LogP contribution < -0.4 is 5.73 Å². The number of benzene rings is 2. The lowest BCUT2D eigenvalue weighted by atomic mass is 9.91. The van der Waals surface area contributed by atoms with Crippen molar-refractivity contribution in [2.24, 2.45) is 10.7 Å². The molecule has 37 heavy (non-hydrogen) atoms. The summed E-state index contributed by atoms with van der Waals surface area (Å²) < 4.78 is 5.25. The van der Waals surface area contributed by atoms with Gasteiger partial charge in [-0.15, -0.1) is 0 Å². The number of carbonyl (C=O) groups is 2. The van der Waals surface area contributed by atoms with E-state index in [0.29, 0.717) is 24.1 Å². The molecule has 0 bridgehead atoms. The van der Waals surface area contributed by atoms with Crippen molar-refractivity contribution in [3.63, 3.8) is 0 Å². The molecule has 7 heteroatoms. The third-order valence-electron chi connectivity index (χ3n) is 6.84. The highest BCUT2D eigenvalue weighted by atomic mass is 16.5. The normalized spacial score (nSPS) is 17.6. The summed E-state index contributed by atoms with van der Waals surface area (Å²) in [4.78, 5) is 35.9. The first-order chi connectivity index (χ1) is 18.1. The van der Waals surface area contributed by atoms with E-state index >= 15 is 0 Å². The largest absolute Gasteiger partial charge is 0.443 e. The Bertz CT molecular complexity index is 1300. The molecule has 0 radical (unpaired) electrons. The number of hydrogen-bond donors (Lipinski definition) is 1.